The summed E-state index contributed by atoms with van der Waals surface area (Å²) in [6.45, 7) is 4.28. The fourth-order valence-electron chi connectivity index (χ4n) is 4.01. The molecule has 1 aliphatic carbocycles. The van der Waals surface area contributed by atoms with Gasteiger partial charge in [0.2, 0.25) is 10.0 Å². The van der Waals surface area contributed by atoms with Crippen LogP contribution in [0, 0.1) is 11.8 Å². The molecular formula is C20H23N3O4S2. The van der Waals surface area contributed by atoms with Gasteiger partial charge in [-0.2, -0.15) is 0 Å². The Bertz CT molecular complexity index is 1030. The van der Waals surface area contributed by atoms with E-state index in [9.17, 15) is 18.0 Å². The van der Waals surface area contributed by atoms with Gasteiger partial charge in [-0.1, -0.05) is 26.7 Å². The third-order valence-electron chi connectivity index (χ3n) is 5.96. The van der Waals surface area contributed by atoms with E-state index < -0.39 is 21.8 Å². The molecule has 2 aliphatic rings. The van der Waals surface area contributed by atoms with Crippen LogP contribution in [0.4, 0.5) is 0 Å². The van der Waals surface area contributed by atoms with Crippen LogP contribution in [0.3, 0.4) is 0 Å². The Morgan fingerprint density at radius 2 is 1.97 bits per heavy atom. The third-order valence-corrected chi connectivity index (χ3v) is 9.01. The standard InChI is InChI=1S/C20H23N3O4S2/c1-12-5-3-7-16(13(12)2)22-29(26,27)17-9-8-14(28-17)11-23-19(24)15-6-4-10-21-18(15)20(23)25/h4,6,8-10,12-13,16,22H,3,5,7,11H2,1-2H3/t12-,13-,16-/m1/s1. The lowest BCUT2D eigenvalue weighted by molar-refractivity contribution is 0.0642. The molecule has 2 aromatic rings. The van der Waals surface area contributed by atoms with Crippen LogP contribution in [-0.4, -0.2) is 36.2 Å². The number of amides is 2. The first-order valence-corrected chi connectivity index (χ1v) is 12.0. The zero-order valence-electron chi connectivity index (χ0n) is 16.3. The molecule has 0 saturated heterocycles. The molecule has 1 aliphatic heterocycles. The number of carbonyl (C=O) groups excluding carboxylic acids is 2. The predicted octanol–water partition coefficient (Wildman–Crippen LogP) is 3.04. The average molecular weight is 434 g/mol. The van der Waals surface area contributed by atoms with Crippen molar-refractivity contribution >= 4 is 33.2 Å². The van der Waals surface area contributed by atoms with Gasteiger partial charge in [-0.25, -0.2) is 13.1 Å². The average Bonchev–Trinajstić information content (AvgIpc) is 3.26. The Labute approximate surface area is 174 Å². The molecule has 0 radical (unpaired) electrons. The number of rotatable bonds is 5. The Morgan fingerprint density at radius 1 is 1.17 bits per heavy atom. The molecule has 9 heteroatoms. The highest BCUT2D eigenvalue weighted by molar-refractivity contribution is 7.91. The van der Waals surface area contributed by atoms with Crippen LogP contribution in [0.25, 0.3) is 0 Å². The predicted molar refractivity (Wildman–Crippen MR) is 109 cm³/mol. The van der Waals surface area contributed by atoms with Crippen LogP contribution in [0.5, 0.6) is 0 Å². The van der Waals surface area contributed by atoms with Crippen LogP contribution >= 0.6 is 11.3 Å². The van der Waals surface area contributed by atoms with Crippen molar-refractivity contribution in [2.24, 2.45) is 11.8 Å². The molecule has 4 rings (SSSR count). The first kappa shape index (κ1) is 20.2. The number of fused-ring (bicyclic) bond motifs is 1. The number of imide groups is 1. The number of thiophene rings is 1. The summed E-state index contributed by atoms with van der Waals surface area (Å²) < 4.78 is 28.8. The summed E-state index contributed by atoms with van der Waals surface area (Å²) in [7, 11) is -3.64. The highest BCUT2D eigenvalue weighted by atomic mass is 32.2. The van der Waals surface area contributed by atoms with Crippen molar-refractivity contribution < 1.29 is 18.0 Å². The van der Waals surface area contributed by atoms with E-state index >= 15 is 0 Å². The van der Waals surface area contributed by atoms with E-state index in [4.69, 9.17) is 0 Å². The summed E-state index contributed by atoms with van der Waals surface area (Å²) in [6, 6.07) is 6.31. The Morgan fingerprint density at radius 3 is 2.72 bits per heavy atom. The molecule has 154 valence electrons. The molecule has 2 aromatic heterocycles. The zero-order chi connectivity index (χ0) is 20.8. The number of nitrogens with zero attached hydrogens (tertiary/aromatic N) is 2. The highest BCUT2D eigenvalue weighted by Gasteiger charge is 2.37. The van der Waals surface area contributed by atoms with E-state index in [0.29, 0.717) is 10.8 Å². The van der Waals surface area contributed by atoms with Crippen LogP contribution in [0.1, 0.15) is 58.8 Å². The summed E-state index contributed by atoms with van der Waals surface area (Å²) in [5.74, 6) is -0.0906. The lowest BCUT2D eigenvalue weighted by atomic mass is 9.78. The number of carbonyl (C=O) groups is 2. The van der Waals surface area contributed by atoms with Gasteiger partial charge in [0, 0.05) is 17.1 Å². The molecule has 3 atom stereocenters. The molecule has 0 spiro atoms. The molecule has 1 N–H and O–H groups in total. The number of sulfonamides is 1. The van der Waals surface area contributed by atoms with Crippen molar-refractivity contribution in [3.63, 3.8) is 0 Å². The van der Waals surface area contributed by atoms with E-state index in [0.717, 1.165) is 35.5 Å². The van der Waals surface area contributed by atoms with Gasteiger partial charge in [-0.05, 0) is 42.5 Å². The van der Waals surface area contributed by atoms with Crippen molar-refractivity contribution in [3.05, 3.63) is 46.6 Å². The summed E-state index contributed by atoms with van der Waals surface area (Å²) in [6.07, 6.45) is 4.45. The molecular weight excluding hydrogens is 410 g/mol. The van der Waals surface area contributed by atoms with Gasteiger partial charge < -0.3 is 0 Å². The summed E-state index contributed by atoms with van der Waals surface area (Å²) in [5, 5.41) is 0. The number of hydrogen-bond acceptors (Lipinski definition) is 6. The minimum absolute atomic E-state index is 0.0328. The van der Waals surface area contributed by atoms with E-state index in [1.54, 1.807) is 18.2 Å². The molecule has 0 unspecified atom stereocenters. The van der Waals surface area contributed by atoms with Gasteiger partial charge >= 0.3 is 0 Å². The number of hydrogen-bond donors (Lipinski definition) is 1. The zero-order valence-corrected chi connectivity index (χ0v) is 17.9. The van der Waals surface area contributed by atoms with Gasteiger partial charge in [0.1, 0.15) is 9.90 Å². The Kier molecular flexibility index (Phi) is 5.30. The molecule has 2 amide bonds. The maximum atomic E-state index is 12.9. The van der Waals surface area contributed by atoms with Crippen molar-refractivity contribution in [1.29, 1.82) is 0 Å². The summed E-state index contributed by atoms with van der Waals surface area (Å²) in [4.78, 5) is 30.7. The second-order valence-corrected chi connectivity index (χ2v) is 10.9. The SMILES string of the molecule is C[C@@H]1[C@H](C)CCC[C@H]1NS(=O)(=O)c1ccc(CN2C(=O)c3cccnc3C2=O)s1. The van der Waals surface area contributed by atoms with E-state index in [2.05, 4.69) is 23.6 Å². The van der Waals surface area contributed by atoms with Crippen molar-refractivity contribution in [2.75, 3.05) is 0 Å². The first-order chi connectivity index (χ1) is 13.8. The summed E-state index contributed by atoms with van der Waals surface area (Å²) >= 11 is 1.08. The normalized spacial score (nSPS) is 24.8. The first-order valence-electron chi connectivity index (χ1n) is 9.70. The maximum Gasteiger partial charge on any atom is 0.280 e. The van der Waals surface area contributed by atoms with E-state index in [1.807, 2.05) is 0 Å². The monoisotopic (exact) mass is 433 g/mol. The second kappa shape index (κ2) is 7.62. The second-order valence-electron chi connectivity index (χ2n) is 7.81. The van der Waals surface area contributed by atoms with Crippen LogP contribution < -0.4 is 4.72 Å². The van der Waals surface area contributed by atoms with Gasteiger partial charge in [0.15, 0.2) is 0 Å². The molecule has 1 saturated carbocycles. The topological polar surface area (TPSA) is 96.4 Å². The van der Waals surface area contributed by atoms with Gasteiger partial charge in [-0.15, -0.1) is 11.3 Å². The van der Waals surface area contributed by atoms with Gasteiger partial charge in [0.25, 0.3) is 11.8 Å². The largest absolute Gasteiger partial charge is 0.280 e. The van der Waals surface area contributed by atoms with Crippen molar-refractivity contribution in [2.45, 2.75) is 49.9 Å². The lowest BCUT2D eigenvalue weighted by Gasteiger charge is -2.34. The molecule has 0 bridgehead atoms. The number of nitrogens with one attached hydrogen (secondary N) is 1. The molecule has 1 fully saturated rings. The quantitative estimate of drug-likeness (QED) is 0.731. The fraction of sp³-hybridized carbons (Fsp3) is 0.450. The lowest BCUT2D eigenvalue weighted by Crippen LogP contribution is -2.43. The van der Waals surface area contributed by atoms with Gasteiger partial charge in [-0.3, -0.25) is 19.5 Å². The fourth-order valence-corrected chi connectivity index (χ4v) is 6.73. The minimum atomic E-state index is -3.64. The minimum Gasteiger partial charge on any atom is -0.268 e. The Balaban J connectivity index is 1.49. The van der Waals surface area contributed by atoms with Crippen molar-refractivity contribution in [1.82, 2.24) is 14.6 Å². The van der Waals surface area contributed by atoms with Crippen molar-refractivity contribution in [3.8, 4) is 0 Å². The summed E-state index contributed by atoms with van der Waals surface area (Å²) in [5.41, 5.74) is 0.424. The number of pyridine rings is 1. The highest BCUT2D eigenvalue weighted by Crippen LogP contribution is 2.32. The molecule has 3 heterocycles. The smallest absolute Gasteiger partial charge is 0.268 e. The van der Waals surface area contributed by atoms with Crippen LogP contribution in [0.2, 0.25) is 0 Å². The maximum absolute atomic E-state index is 12.9. The Hall–Kier alpha value is -2.10. The molecule has 0 aromatic carbocycles. The van der Waals surface area contributed by atoms with Crippen LogP contribution in [0.15, 0.2) is 34.7 Å². The van der Waals surface area contributed by atoms with Crippen LogP contribution in [-0.2, 0) is 16.6 Å². The molecule has 29 heavy (non-hydrogen) atoms. The van der Waals surface area contributed by atoms with E-state index in [1.165, 1.54) is 12.3 Å². The number of aromatic nitrogens is 1. The third kappa shape index (κ3) is 3.74. The molecule has 7 nitrogen and oxygen atoms in total. The van der Waals surface area contributed by atoms with E-state index in [-0.39, 0.29) is 34.0 Å². The van der Waals surface area contributed by atoms with Gasteiger partial charge in [0.05, 0.1) is 12.1 Å².